The van der Waals surface area contributed by atoms with Crippen LogP contribution in [-0.4, -0.2) is 37.6 Å². The normalized spacial score (nSPS) is 15.9. The fourth-order valence-corrected chi connectivity index (χ4v) is 3.10. The number of hydrogen-bond acceptors (Lipinski definition) is 3. The fourth-order valence-electron chi connectivity index (χ4n) is 3.10. The van der Waals surface area contributed by atoms with Gasteiger partial charge >= 0.3 is 0 Å². The van der Waals surface area contributed by atoms with Crippen molar-refractivity contribution < 1.29 is 0 Å². The predicted octanol–water partition coefficient (Wildman–Crippen LogP) is 4.32. The summed E-state index contributed by atoms with van der Waals surface area (Å²) >= 11 is 0. The molecule has 0 spiro atoms. The zero-order valence-electron chi connectivity index (χ0n) is 14.4. The number of nitriles is 1. The summed E-state index contributed by atoms with van der Waals surface area (Å²) in [5.41, 5.74) is 2.38. The average molecular weight is 311 g/mol. The van der Waals surface area contributed by atoms with Gasteiger partial charge in [0.05, 0.1) is 6.07 Å². The molecular formula is C20H29N3. The number of anilines is 1. The SMILES string of the molecule is CCCCCCCN1CCN(c2ccc(/C=C/C#N)cc2)CC1. The lowest BCUT2D eigenvalue weighted by Gasteiger charge is -2.36. The third kappa shape index (κ3) is 6.08. The molecule has 0 amide bonds. The molecule has 1 aliphatic rings. The maximum Gasteiger partial charge on any atom is 0.0912 e. The molecule has 0 bridgehead atoms. The van der Waals surface area contributed by atoms with E-state index in [-0.39, 0.29) is 0 Å². The van der Waals surface area contributed by atoms with E-state index in [0.29, 0.717) is 0 Å². The standard InChI is InChI=1S/C20H29N3/c1-2-3-4-5-6-14-22-15-17-23(18-16-22)20-11-9-19(10-12-20)8-7-13-21/h7-12H,2-6,14-18H2,1H3/b8-7+. The second kappa shape index (κ2) is 10.1. The number of nitrogens with zero attached hydrogens (tertiary/aromatic N) is 3. The van der Waals surface area contributed by atoms with Gasteiger partial charge < -0.3 is 4.90 Å². The lowest BCUT2D eigenvalue weighted by molar-refractivity contribution is 0.252. The largest absolute Gasteiger partial charge is 0.369 e. The second-order valence-corrected chi connectivity index (χ2v) is 6.30. The van der Waals surface area contributed by atoms with E-state index in [1.165, 1.54) is 63.5 Å². The molecule has 0 unspecified atom stereocenters. The molecule has 0 saturated carbocycles. The van der Waals surface area contributed by atoms with Crippen LogP contribution in [0.25, 0.3) is 6.08 Å². The van der Waals surface area contributed by atoms with Crippen molar-refractivity contribution in [1.82, 2.24) is 4.90 Å². The molecule has 1 fully saturated rings. The Bertz CT molecular complexity index is 505. The molecule has 0 aromatic heterocycles. The molecule has 0 N–H and O–H groups in total. The van der Waals surface area contributed by atoms with E-state index in [1.807, 2.05) is 12.1 Å². The van der Waals surface area contributed by atoms with Crippen LogP contribution in [0.1, 0.15) is 44.6 Å². The number of allylic oxidation sites excluding steroid dienone is 1. The summed E-state index contributed by atoms with van der Waals surface area (Å²) in [6.45, 7) is 8.10. The Morgan fingerprint density at radius 2 is 1.70 bits per heavy atom. The highest BCUT2D eigenvalue weighted by atomic mass is 15.3. The Labute approximate surface area is 141 Å². The summed E-state index contributed by atoms with van der Waals surface area (Å²) in [6.07, 6.45) is 10.2. The van der Waals surface area contributed by atoms with Gasteiger partial charge in [0.2, 0.25) is 0 Å². The Hall–Kier alpha value is -1.79. The number of rotatable bonds is 8. The van der Waals surface area contributed by atoms with Crippen LogP contribution in [0.3, 0.4) is 0 Å². The second-order valence-electron chi connectivity index (χ2n) is 6.30. The van der Waals surface area contributed by atoms with E-state index in [4.69, 9.17) is 5.26 Å². The molecule has 0 atom stereocenters. The Morgan fingerprint density at radius 1 is 1.00 bits per heavy atom. The van der Waals surface area contributed by atoms with Crippen LogP contribution in [-0.2, 0) is 0 Å². The van der Waals surface area contributed by atoms with E-state index in [2.05, 4.69) is 41.0 Å². The van der Waals surface area contributed by atoms with Crippen molar-refractivity contribution in [3.63, 3.8) is 0 Å². The zero-order valence-corrected chi connectivity index (χ0v) is 14.4. The highest BCUT2D eigenvalue weighted by Gasteiger charge is 2.16. The van der Waals surface area contributed by atoms with E-state index < -0.39 is 0 Å². The number of unbranched alkanes of at least 4 members (excludes halogenated alkanes) is 4. The van der Waals surface area contributed by atoms with Crippen molar-refractivity contribution in [2.45, 2.75) is 39.0 Å². The van der Waals surface area contributed by atoms with Crippen LogP contribution >= 0.6 is 0 Å². The first kappa shape index (κ1) is 17.6. The van der Waals surface area contributed by atoms with Gasteiger partial charge in [-0.05, 0) is 36.7 Å². The molecule has 0 aliphatic carbocycles. The average Bonchev–Trinajstić information content (AvgIpc) is 2.61. The van der Waals surface area contributed by atoms with Crippen LogP contribution in [0, 0.1) is 11.3 Å². The van der Waals surface area contributed by atoms with Gasteiger partial charge in [0, 0.05) is 37.9 Å². The van der Waals surface area contributed by atoms with Crippen molar-refractivity contribution >= 4 is 11.8 Å². The summed E-state index contributed by atoms with van der Waals surface area (Å²) in [5, 5.41) is 8.57. The molecule has 1 aliphatic heterocycles. The lowest BCUT2D eigenvalue weighted by Crippen LogP contribution is -2.46. The monoisotopic (exact) mass is 311 g/mol. The summed E-state index contributed by atoms with van der Waals surface area (Å²) in [5.74, 6) is 0. The molecule has 23 heavy (non-hydrogen) atoms. The molecule has 1 aromatic rings. The number of piperazine rings is 1. The van der Waals surface area contributed by atoms with Crippen LogP contribution in [0.5, 0.6) is 0 Å². The minimum Gasteiger partial charge on any atom is -0.369 e. The third-order valence-electron chi connectivity index (χ3n) is 4.56. The highest BCUT2D eigenvalue weighted by molar-refractivity contribution is 5.57. The first-order valence-corrected chi connectivity index (χ1v) is 8.97. The van der Waals surface area contributed by atoms with Gasteiger partial charge in [-0.1, -0.05) is 44.7 Å². The van der Waals surface area contributed by atoms with Crippen molar-refractivity contribution in [2.75, 3.05) is 37.6 Å². The van der Waals surface area contributed by atoms with Crippen LogP contribution in [0.4, 0.5) is 5.69 Å². The molecule has 124 valence electrons. The van der Waals surface area contributed by atoms with Gasteiger partial charge in [0.15, 0.2) is 0 Å². The minimum atomic E-state index is 1.08. The van der Waals surface area contributed by atoms with Gasteiger partial charge in [-0.3, -0.25) is 4.90 Å². The van der Waals surface area contributed by atoms with E-state index in [0.717, 1.165) is 18.7 Å². The van der Waals surface area contributed by atoms with E-state index >= 15 is 0 Å². The van der Waals surface area contributed by atoms with Crippen molar-refractivity contribution in [3.05, 3.63) is 35.9 Å². The lowest BCUT2D eigenvalue weighted by atomic mass is 10.1. The molecular weight excluding hydrogens is 282 g/mol. The first-order valence-electron chi connectivity index (χ1n) is 8.97. The van der Waals surface area contributed by atoms with Gasteiger partial charge in [0.25, 0.3) is 0 Å². The third-order valence-corrected chi connectivity index (χ3v) is 4.56. The smallest absolute Gasteiger partial charge is 0.0912 e. The van der Waals surface area contributed by atoms with E-state index in [1.54, 1.807) is 0 Å². The summed E-state index contributed by atoms with van der Waals surface area (Å²) < 4.78 is 0. The maximum absolute atomic E-state index is 8.57. The molecule has 1 aromatic carbocycles. The Morgan fingerprint density at radius 3 is 2.35 bits per heavy atom. The van der Waals surface area contributed by atoms with Crippen LogP contribution in [0.15, 0.2) is 30.3 Å². The molecule has 1 saturated heterocycles. The fraction of sp³-hybridized carbons (Fsp3) is 0.550. The number of hydrogen-bond donors (Lipinski definition) is 0. The van der Waals surface area contributed by atoms with Gasteiger partial charge in [-0.15, -0.1) is 0 Å². The molecule has 3 nitrogen and oxygen atoms in total. The molecule has 3 heteroatoms. The summed E-state index contributed by atoms with van der Waals surface area (Å²) in [4.78, 5) is 5.07. The van der Waals surface area contributed by atoms with Crippen LogP contribution in [0.2, 0.25) is 0 Å². The van der Waals surface area contributed by atoms with Crippen molar-refractivity contribution in [3.8, 4) is 6.07 Å². The Kier molecular flexibility index (Phi) is 7.69. The summed E-state index contributed by atoms with van der Waals surface area (Å²) in [7, 11) is 0. The zero-order chi connectivity index (χ0) is 16.3. The van der Waals surface area contributed by atoms with Gasteiger partial charge in [0.1, 0.15) is 0 Å². The first-order chi connectivity index (χ1) is 11.3. The number of benzene rings is 1. The predicted molar refractivity (Wildman–Crippen MR) is 98.5 cm³/mol. The van der Waals surface area contributed by atoms with Gasteiger partial charge in [-0.25, -0.2) is 0 Å². The molecule has 2 rings (SSSR count). The van der Waals surface area contributed by atoms with E-state index in [9.17, 15) is 0 Å². The maximum atomic E-state index is 8.57. The van der Waals surface area contributed by atoms with Crippen LogP contribution < -0.4 is 4.90 Å². The highest BCUT2D eigenvalue weighted by Crippen LogP contribution is 2.18. The van der Waals surface area contributed by atoms with Crippen molar-refractivity contribution in [2.24, 2.45) is 0 Å². The molecule has 1 heterocycles. The Balaban J connectivity index is 1.71. The minimum absolute atomic E-state index is 1.08. The summed E-state index contributed by atoms with van der Waals surface area (Å²) in [6, 6.07) is 10.5. The quantitative estimate of drug-likeness (QED) is 0.529. The molecule has 0 radical (unpaired) electrons. The van der Waals surface area contributed by atoms with Gasteiger partial charge in [-0.2, -0.15) is 5.26 Å². The topological polar surface area (TPSA) is 30.3 Å². The van der Waals surface area contributed by atoms with Crippen molar-refractivity contribution in [1.29, 1.82) is 5.26 Å².